The van der Waals surface area contributed by atoms with Crippen molar-refractivity contribution in [3.8, 4) is 22.9 Å². The number of hydrogen-bond acceptors (Lipinski definition) is 6. The largest absolute Gasteiger partial charge is 0.493 e. The van der Waals surface area contributed by atoms with E-state index >= 15 is 0 Å². The summed E-state index contributed by atoms with van der Waals surface area (Å²) >= 11 is 0. The maximum atomic E-state index is 11.1. The molecule has 1 aromatic heterocycles. The van der Waals surface area contributed by atoms with Crippen LogP contribution < -0.4 is 9.47 Å². The Morgan fingerprint density at radius 2 is 2.05 bits per heavy atom. The number of ether oxygens (including phenoxy) is 2. The molecule has 0 bridgehead atoms. The number of rotatable bonds is 6. The van der Waals surface area contributed by atoms with Gasteiger partial charge in [-0.3, -0.25) is 0 Å². The molecule has 1 aromatic carbocycles. The van der Waals surface area contributed by atoms with Crippen molar-refractivity contribution in [3.63, 3.8) is 0 Å². The van der Waals surface area contributed by atoms with Gasteiger partial charge in [0.2, 0.25) is 5.82 Å². The molecule has 0 aliphatic carbocycles. The zero-order valence-electron chi connectivity index (χ0n) is 12.0. The summed E-state index contributed by atoms with van der Waals surface area (Å²) in [6.45, 7) is 1.75. The smallest absolute Gasteiger partial charge is 0.330 e. The summed E-state index contributed by atoms with van der Waals surface area (Å²) in [5.41, 5.74) is 0.666. The minimum Gasteiger partial charge on any atom is -0.493 e. The van der Waals surface area contributed by atoms with Crippen LogP contribution in [0.4, 0.5) is 0 Å². The van der Waals surface area contributed by atoms with Crippen molar-refractivity contribution in [2.24, 2.45) is 0 Å². The molecule has 0 aliphatic heterocycles. The first kappa shape index (κ1) is 14.8. The molecule has 8 heteroatoms. The van der Waals surface area contributed by atoms with Gasteiger partial charge in [0, 0.05) is 5.56 Å². The molecule has 8 nitrogen and oxygen atoms in total. The van der Waals surface area contributed by atoms with Gasteiger partial charge in [-0.25, -0.2) is 4.79 Å². The number of carboxylic acid groups (broad SMARTS) is 1. The Kier molecular flexibility index (Phi) is 4.36. The van der Waals surface area contributed by atoms with Crippen molar-refractivity contribution in [1.82, 2.24) is 20.2 Å². The number of carbonyl (C=O) groups is 1. The van der Waals surface area contributed by atoms with Crippen LogP contribution in [0.1, 0.15) is 19.4 Å². The number of carboxylic acids is 1. The Labute approximate surface area is 121 Å². The number of benzene rings is 1. The lowest BCUT2D eigenvalue weighted by Crippen LogP contribution is -2.20. The summed E-state index contributed by atoms with van der Waals surface area (Å²) < 4.78 is 10.4. The number of aromatic nitrogens is 4. The van der Waals surface area contributed by atoms with Crippen LogP contribution in [0.5, 0.6) is 11.5 Å². The molecule has 0 spiro atoms. The van der Waals surface area contributed by atoms with Gasteiger partial charge < -0.3 is 14.6 Å². The molecule has 0 saturated carbocycles. The van der Waals surface area contributed by atoms with E-state index in [9.17, 15) is 4.79 Å². The van der Waals surface area contributed by atoms with E-state index in [0.717, 1.165) is 4.80 Å². The summed E-state index contributed by atoms with van der Waals surface area (Å²) in [6.07, 6.45) is 0.372. The van der Waals surface area contributed by atoms with Crippen LogP contribution in [0.2, 0.25) is 0 Å². The van der Waals surface area contributed by atoms with Gasteiger partial charge in [-0.15, -0.1) is 15.0 Å². The topological polar surface area (TPSA) is 99.4 Å². The van der Waals surface area contributed by atoms with E-state index in [1.807, 2.05) is 0 Å². The molecule has 0 saturated heterocycles. The summed E-state index contributed by atoms with van der Waals surface area (Å²) in [4.78, 5) is 12.2. The highest BCUT2D eigenvalue weighted by atomic mass is 16.5. The zero-order chi connectivity index (χ0) is 15.4. The summed E-state index contributed by atoms with van der Waals surface area (Å²) in [6, 6.07) is 4.36. The van der Waals surface area contributed by atoms with Gasteiger partial charge in [-0.05, 0) is 29.8 Å². The number of nitrogens with zero attached hydrogens (tertiary/aromatic N) is 4. The third kappa shape index (κ3) is 2.93. The summed E-state index contributed by atoms with van der Waals surface area (Å²) in [5.74, 6) is 0.464. The highest BCUT2D eigenvalue weighted by Gasteiger charge is 2.21. The fourth-order valence-electron chi connectivity index (χ4n) is 1.88. The van der Waals surface area contributed by atoms with Crippen LogP contribution in [-0.2, 0) is 4.79 Å². The highest BCUT2D eigenvalue weighted by molar-refractivity contribution is 5.71. The van der Waals surface area contributed by atoms with E-state index in [1.165, 1.54) is 7.11 Å². The van der Waals surface area contributed by atoms with Crippen molar-refractivity contribution < 1.29 is 19.4 Å². The lowest BCUT2D eigenvalue weighted by molar-refractivity contribution is -0.141. The van der Waals surface area contributed by atoms with Gasteiger partial charge in [0.1, 0.15) is 0 Å². The van der Waals surface area contributed by atoms with Crippen LogP contribution in [0.3, 0.4) is 0 Å². The van der Waals surface area contributed by atoms with Gasteiger partial charge >= 0.3 is 5.97 Å². The minimum absolute atomic E-state index is 0.329. The third-order valence-corrected chi connectivity index (χ3v) is 3.02. The van der Waals surface area contributed by atoms with E-state index in [-0.39, 0.29) is 0 Å². The first-order valence-electron chi connectivity index (χ1n) is 6.35. The maximum Gasteiger partial charge on any atom is 0.330 e. The van der Waals surface area contributed by atoms with Gasteiger partial charge in [-0.2, -0.15) is 0 Å². The number of methoxy groups -OCH3 is 2. The molecular weight excluding hydrogens is 276 g/mol. The van der Waals surface area contributed by atoms with Crippen molar-refractivity contribution >= 4 is 5.97 Å². The Balaban J connectivity index is 2.35. The van der Waals surface area contributed by atoms with Crippen LogP contribution in [-0.4, -0.2) is 45.5 Å². The van der Waals surface area contributed by atoms with Crippen molar-refractivity contribution in [2.45, 2.75) is 19.4 Å². The average Bonchev–Trinajstić information content (AvgIpc) is 2.96. The van der Waals surface area contributed by atoms with Crippen molar-refractivity contribution in [3.05, 3.63) is 18.2 Å². The lowest BCUT2D eigenvalue weighted by atomic mass is 10.2. The molecule has 1 heterocycles. The fourth-order valence-corrected chi connectivity index (χ4v) is 1.88. The van der Waals surface area contributed by atoms with E-state index in [0.29, 0.717) is 29.3 Å². The molecule has 0 fully saturated rings. The Morgan fingerprint density at radius 1 is 1.33 bits per heavy atom. The molecule has 0 aliphatic rings. The van der Waals surface area contributed by atoms with Gasteiger partial charge in [0.05, 0.1) is 14.2 Å². The number of tetrazole rings is 1. The van der Waals surface area contributed by atoms with E-state index in [1.54, 1.807) is 32.2 Å². The molecule has 2 rings (SSSR count). The number of hydrogen-bond donors (Lipinski definition) is 1. The molecule has 1 unspecified atom stereocenters. The molecule has 2 aromatic rings. The molecular formula is C13H16N4O4. The lowest BCUT2D eigenvalue weighted by Gasteiger charge is -2.08. The maximum absolute atomic E-state index is 11.1. The van der Waals surface area contributed by atoms with Crippen LogP contribution in [0, 0.1) is 0 Å². The van der Waals surface area contributed by atoms with E-state index < -0.39 is 12.0 Å². The van der Waals surface area contributed by atoms with Gasteiger partial charge in [0.15, 0.2) is 17.5 Å². The fraction of sp³-hybridized carbons (Fsp3) is 0.385. The summed E-state index contributed by atoms with van der Waals surface area (Å²) in [5, 5.41) is 20.9. The highest BCUT2D eigenvalue weighted by Crippen LogP contribution is 2.30. The molecule has 0 radical (unpaired) electrons. The molecule has 1 N–H and O–H groups in total. The molecule has 112 valence electrons. The Bertz CT molecular complexity index is 641. The van der Waals surface area contributed by atoms with Crippen molar-refractivity contribution in [2.75, 3.05) is 14.2 Å². The van der Waals surface area contributed by atoms with Crippen LogP contribution in [0.25, 0.3) is 11.4 Å². The third-order valence-electron chi connectivity index (χ3n) is 3.02. The van der Waals surface area contributed by atoms with Crippen molar-refractivity contribution in [1.29, 1.82) is 0 Å². The monoisotopic (exact) mass is 292 g/mol. The first-order valence-corrected chi connectivity index (χ1v) is 6.35. The number of aliphatic carboxylic acids is 1. The van der Waals surface area contributed by atoms with Gasteiger partial charge in [0.25, 0.3) is 0 Å². The molecule has 1 atom stereocenters. The van der Waals surface area contributed by atoms with Gasteiger partial charge in [-0.1, -0.05) is 6.92 Å². The molecule has 21 heavy (non-hydrogen) atoms. The second-order valence-corrected chi connectivity index (χ2v) is 4.27. The SMILES string of the molecule is CCC(C(=O)O)n1nnc(-c2ccc(OC)c(OC)c2)n1. The second kappa shape index (κ2) is 6.21. The van der Waals surface area contributed by atoms with Crippen LogP contribution >= 0.6 is 0 Å². The minimum atomic E-state index is -0.992. The Hall–Kier alpha value is -2.64. The predicted molar refractivity (Wildman–Crippen MR) is 73.3 cm³/mol. The second-order valence-electron chi connectivity index (χ2n) is 4.27. The normalized spacial score (nSPS) is 12.0. The quantitative estimate of drug-likeness (QED) is 0.858. The first-order chi connectivity index (χ1) is 10.1. The standard InChI is InChI=1S/C13H16N4O4/c1-4-9(13(18)19)17-15-12(14-16-17)8-5-6-10(20-2)11(7-8)21-3/h5-7,9H,4H2,1-3H3,(H,18,19). The Morgan fingerprint density at radius 3 is 2.62 bits per heavy atom. The summed E-state index contributed by atoms with van der Waals surface area (Å²) in [7, 11) is 3.08. The molecule has 0 amide bonds. The predicted octanol–water partition coefficient (Wildman–Crippen LogP) is 1.39. The van der Waals surface area contributed by atoms with Crippen LogP contribution in [0.15, 0.2) is 18.2 Å². The zero-order valence-corrected chi connectivity index (χ0v) is 12.0. The van der Waals surface area contributed by atoms with E-state index in [4.69, 9.17) is 14.6 Å². The average molecular weight is 292 g/mol. The van der Waals surface area contributed by atoms with E-state index in [2.05, 4.69) is 15.4 Å².